The van der Waals surface area contributed by atoms with Crippen molar-refractivity contribution in [2.45, 2.75) is 0 Å². The van der Waals surface area contributed by atoms with Crippen LogP contribution in [0.4, 0.5) is 4.39 Å². The molecule has 3 nitrogen and oxygen atoms in total. The van der Waals surface area contributed by atoms with Crippen LogP contribution in [0.5, 0.6) is 11.5 Å². The van der Waals surface area contributed by atoms with Crippen molar-refractivity contribution in [2.75, 3.05) is 20.8 Å². The Kier molecular flexibility index (Phi) is 4.76. The van der Waals surface area contributed by atoms with Crippen LogP contribution in [0.1, 0.15) is 5.56 Å². The lowest BCUT2D eigenvalue weighted by Crippen LogP contribution is -1.97. The van der Waals surface area contributed by atoms with Gasteiger partial charge in [-0.1, -0.05) is 12.2 Å². The van der Waals surface area contributed by atoms with Crippen molar-refractivity contribution in [3.05, 3.63) is 28.0 Å². The summed E-state index contributed by atoms with van der Waals surface area (Å²) in [6.45, 7) is 0.383. The molecule has 0 amide bonds. The summed E-state index contributed by atoms with van der Waals surface area (Å²) in [5, 5.41) is 0. The maximum Gasteiger partial charge on any atom is 0.172 e. The first-order valence-electron chi connectivity index (χ1n) is 4.62. The van der Waals surface area contributed by atoms with E-state index < -0.39 is 5.82 Å². The molecule has 0 unspecified atom stereocenters. The molecule has 0 saturated carbocycles. The lowest BCUT2D eigenvalue weighted by molar-refractivity contribution is 0.369. The summed E-state index contributed by atoms with van der Waals surface area (Å²) < 4.78 is 24.1. The zero-order chi connectivity index (χ0) is 12.1. The third kappa shape index (κ3) is 2.54. The summed E-state index contributed by atoms with van der Waals surface area (Å²) in [7, 11) is 2.91. The molecule has 88 valence electrons. The molecule has 0 aliphatic rings. The van der Waals surface area contributed by atoms with Gasteiger partial charge in [-0.2, -0.15) is 0 Å². The van der Waals surface area contributed by atoms with Gasteiger partial charge in [0, 0.05) is 12.1 Å². The number of nitrogens with two attached hydrogens (primary N) is 1. The number of rotatable bonds is 4. The molecule has 5 heteroatoms. The maximum atomic E-state index is 13.6. The molecule has 0 fully saturated rings. The van der Waals surface area contributed by atoms with E-state index in [1.807, 2.05) is 0 Å². The Morgan fingerprint density at radius 3 is 2.50 bits per heavy atom. The Morgan fingerprint density at radius 2 is 2.00 bits per heavy atom. The van der Waals surface area contributed by atoms with Gasteiger partial charge in [0.15, 0.2) is 11.6 Å². The number of halogens is 2. The van der Waals surface area contributed by atoms with Crippen LogP contribution in [0.15, 0.2) is 16.6 Å². The highest BCUT2D eigenvalue weighted by Crippen LogP contribution is 2.39. The number of hydrogen-bond acceptors (Lipinski definition) is 3. The van der Waals surface area contributed by atoms with Crippen molar-refractivity contribution in [1.29, 1.82) is 0 Å². The fourth-order valence-corrected chi connectivity index (χ4v) is 2.06. The molecule has 16 heavy (non-hydrogen) atoms. The molecule has 0 bridgehead atoms. The monoisotopic (exact) mass is 289 g/mol. The zero-order valence-electron chi connectivity index (χ0n) is 9.09. The minimum Gasteiger partial charge on any atom is -0.495 e. The van der Waals surface area contributed by atoms with Crippen LogP contribution in [0, 0.1) is 5.82 Å². The van der Waals surface area contributed by atoms with Crippen molar-refractivity contribution in [3.63, 3.8) is 0 Å². The Hall–Kier alpha value is -1.07. The first-order valence-corrected chi connectivity index (χ1v) is 5.41. The SMILES string of the molecule is COc1c(F)cc(/C=C/CN)c(OC)c1Br. The van der Waals surface area contributed by atoms with Crippen LogP contribution in [-0.2, 0) is 0 Å². The summed E-state index contributed by atoms with van der Waals surface area (Å²) in [6, 6.07) is 1.34. The van der Waals surface area contributed by atoms with Gasteiger partial charge in [0.2, 0.25) is 0 Å². The quantitative estimate of drug-likeness (QED) is 0.927. The summed E-state index contributed by atoms with van der Waals surface area (Å²) >= 11 is 3.24. The molecule has 0 atom stereocenters. The highest BCUT2D eigenvalue weighted by molar-refractivity contribution is 9.10. The fourth-order valence-electron chi connectivity index (χ4n) is 1.32. The van der Waals surface area contributed by atoms with Gasteiger partial charge in [0.25, 0.3) is 0 Å². The smallest absolute Gasteiger partial charge is 0.172 e. The first-order chi connectivity index (χ1) is 7.65. The molecule has 0 aromatic heterocycles. The first kappa shape index (κ1) is 13.0. The van der Waals surface area contributed by atoms with Gasteiger partial charge in [-0.25, -0.2) is 4.39 Å². The molecule has 0 radical (unpaired) electrons. The molecule has 0 saturated heterocycles. The van der Waals surface area contributed by atoms with E-state index in [0.29, 0.717) is 22.3 Å². The number of benzene rings is 1. The van der Waals surface area contributed by atoms with Crippen LogP contribution >= 0.6 is 15.9 Å². The van der Waals surface area contributed by atoms with E-state index in [4.69, 9.17) is 15.2 Å². The van der Waals surface area contributed by atoms with Crippen molar-refractivity contribution in [3.8, 4) is 11.5 Å². The minimum absolute atomic E-state index is 0.127. The van der Waals surface area contributed by atoms with Crippen LogP contribution in [0.2, 0.25) is 0 Å². The van der Waals surface area contributed by atoms with E-state index in [9.17, 15) is 4.39 Å². The van der Waals surface area contributed by atoms with Crippen LogP contribution in [-0.4, -0.2) is 20.8 Å². The predicted octanol–water partition coefficient (Wildman–Crippen LogP) is 2.58. The van der Waals surface area contributed by atoms with Crippen LogP contribution in [0.25, 0.3) is 6.08 Å². The fraction of sp³-hybridized carbons (Fsp3) is 0.273. The van der Waals surface area contributed by atoms with Gasteiger partial charge in [0.05, 0.1) is 14.2 Å². The van der Waals surface area contributed by atoms with Gasteiger partial charge >= 0.3 is 0 Å². The van der Waals surface area contributed by atoms with E-state index in [-0.39, 0.29) is 5.75 Å². The molecule has 1 rings (SSSR count). The molecule has 0 aliphatic heterocycles. The third-order valence-corrected chi connectivity index (χ3v) is 2.72. The molecule has 0 heterocycles. The molecular formula is C11H13BrFNO2. The molecular weight excluding hydrogens is 277 g/mol. The largest absolute Gasteiger partial charge is 0.495 e. The second-order valence-corrected chi connectivity index (χ2v) is 3.76. The van der Waals surface area contributed by atoms with Crippen molar-refractivity contribution in [2.24, 2.45) is 5.73 Å². The lowest BCUT2D eigenvalue weighted by Gasteiger charge is -2.12. The molecule has 2 N–H and O–H groups in total. The summed E-state index contributed by atoms with van der Waals surface area (Å²) in [4.78, 5) is 0. The topological polar surface area (TPSA) is 44.5 Å². The van der Waals surface area contributed by atoms with Crippen molar-refractivity contribution < 1.29 is 13.9 Å². The number of hydrogen-bond donors (Lipinski definition) is 1. The normalized spacial score (nSPS) is 10.8. The van der Waals surface area contributed by atoms with Crippen LogP contribution < -0.4 is 15.2 Å². The van der Waals surface area contributed by atoms with Gasteiger partial charge < -0.3 is 15.2 Å². The van der Waals surface area contributed by atoms with E-state index in [0.717, 1.165) is 0 Å². The van der Waals surface area contributed by atoms with Crippen LogP contribution in [0.3, 0.4) is 0 Å². The average molecular weight is 290 g/mol. The van der Waals surface area contributed by atoms with E-state index >= 15 is 0 Å². The summed E-state index contributed by atoms with van der Waals surface area (Å²) in [5.74, 6) is 0.191. The van der Waals surface area contributed by atoms with Crippen molar-refractivity contribution >= 4 is 22.0 Å². The summed E-state index contributed by atoms with van der Waals surface area (Å²) in [6.07, 6.45) is 3.42. The molecule has 1 aromatic rings. The molecule has 0 aliphatic carbocycles. The lowest BCUT2D eigenvalue weighted by atomic mass is 10.1. The highest BCUT2D eigenvalue weighted by atomic mass is 79.9. The second-order valence-electron chi connectivity index (χ2n) is 2.97. The van der Waals surface area contributed by atoms with Crippen molar-refractivity contribution in [1.82, 2.24) is 0 Å². The van der Waals surface area contributed by atoms with Gasteiger partial charge in [0.1, 0.15) is 10.2 Å². The molecule has 0 spiro atoms. The minimum atomic E-state index is -0.452. The number of methoxy groups -OCH3 is 2. The Balaban J connectivity index is 3.34. The number of ether oxygens (including phenoxy) is 2. The predicted molar refractivity (Wildman–Crippen MR) is 65.3 cm³/mol. The van der Waals surface area contributed by atoms with E-state index in [2.05, 4.69) is 15.9 Å². The van der Waals surface area contributed by atoms with Gasteiger partial charge in [-0.15, -0.1) is 0 Å². The maximum absolute atomic E-state index is 13.6. The Bertz CT molecular complexity index is 407. The van der Waals surface area contributed by atoms with Gasteiger partial charge in [-0.3, -0.25) is 0 Å². The van der Waals surface area contributed by atoms with Gasteiger partial charge in [-0.05, 0) is 22.0 Å². The Labute approximate surface area is 102 Å². The highest BCUT2D eigenvalue weighted by Gasteiger charge is 2.16. The van der Waals surface area contributed by atoms with E-state index in [1.54, 1.807) is 12.2 Å². The standard InChI is InChI=1S/C11H13BrFNO2/c1-15-10-7(4-3-5-14)6-8(13)11(16-2)9(10)12/h3-4,6H,5,14H2,1-2H3/b4-3+. The Morgan fingerprint density at radius 1 is 1.38 bits per heavy atom. The summed E-state index contributed by atoms with van der Waals surface area (Å²) in [5.41, 5.74) is 5.95. The third-order valence-electron chi connectivity index (χ3n) is 2.00. The molecule has 1 aromatic carbocycles. The van der Waals surface area contributed by atoms with E-state index in [1.165, 1.54) is 20.3 Å². The zero-order valence-corrected chi connectivity index (χ0v) is 10.7. The second kappa shape index (κ2) is 5.86. The average Bonchev–Trinajstić information content (AvgIpc) is 2.26.